The molecule has 0 saturated carbocycles. The van der Waals surface area contributed by atoms with E-state index in [0.717, 1.165) is 0 Å². The largest absolute Gasteiger partial charge is 0.465 e. The van der Waals surface area contributed by atoms with Gasteiger partial charge in [0.1, 0.15) is 6.26 Å². The molecular formula is C13H10BrNO4. The van der Waals surface area contributed by atoms with E-state index in [9.17, 15) is 9.59 Å². The zero-order chi connectivity index (χ0) is 13.8. The highest BCUT2D eigenvalue weighted by Gasteiger charge is 2.15. The van der Waals surface area contributed by atoms with Crippen LogP contribution in [0.4, 0.5) is 5.69 Å². The number of hydrogen-bond acceptors (Lipinski definition) is 4. The molecule has 0 fully saturated rings. The van der Waals surface area contributed by atoms with E-state index in [1.807, 2.05) is 0 Å². The number of hydrogen-bond donors (Lipinski definition) is 1. The number of carbonyl (C=O) groups is 2. The molecule has 19 heavy (non-hydrogen) atoms. The lowest BCUT2D eigenvalue weighted by molar-refractivity contribution is 0.0602. The van der Waals surface area contributed by atoms with Crippen LogP contribution in [-0.2, 0) is 4.74 Å². The zero-order valence-electron chi connectivity index (χ0n) is 9.98. The van der Waals surface area contributed by atoms with E-state index in [-0.39, 0.29) is 5.91 Å². The molecule has 6 heteroatoms. The van der Waals surface area contributed by atoms with Crippen molar-refractivity contribution in [1.29, 1.82) is 0 Å². The number of nitrogens with one attached hydrogen (secondary N) is 1. The fraction of sp³-hybridized carbons (Fsp3) is 0.0769. The van der Waals surface area contributed by atoms with Crippen molar-refractivity contribution in [2.45, 2.75) is 0 Å². The smallest absolute Gasteiger partial charge is 0.339 e. The van der Waals surface area contributed by atoms with E-state index in [1.54, 1.807) is 24.3 Å². The van der Waals surface area contributed by atoms with Crippen molar-refractivity contribution in [2.24, 2.45) is 0 Å². The van der Waals surface area contributed by atoms with Crippen molar-refractivity contribution < 1.29 is 18.7 Å². The number of furan rings is 1. The SMILES string of the molecule is COC(=O)c1ccccc1NC(=O)c1coc(Br)c1. The van der Waals surface area contributed by atoms with Crippen molar-refractivity contribution >= 4 is 33.5 Å². The Morgan fingerprint density at radius 1 is 1.32 bits per heavy atom. The van der Waals surface area contributed by atoms with Gasteiger partial charge in [-0.15, -0.1) is 0 Å². The van der Waals surface area contributed by atoms with Crippen LogP contribution in [0.15, 0.2) is 45.7 Å². The fourth-order valence-electron chi connectivity index (χ4n) is 1.50. The third-order valence-corrected chi connectivity index (χ3v) is 2.83. The maximum absolute atomic E-state index is 11.9. The second-order valence-electron chi connectivity index (χ2n) is 3.63. The Bertz CT molecular complexity index is 621. The van der Waals surface area contributed by atoms with Crippen LogP contribution in [0, 0.1) is 0 Å². The first-order valence-electron chi connectivity index (χ1n) is 5.34. The molecule has 1 aromatic heterocycles. The molecule has 0 radical (unpaired) electrons. The molecule has 0 aliphatic heterocycles. The number of carbonyl (C=O) groups excluding carboxylic acids is 2. The van der Waals surface area contributed by atoms with E-state index in [1.165, 1.54) is 19.4 Å². The average molecular weight is 324 g/mol. The van der Waals surface area contributed by atoms with E-state index >= 15 is 0 Å². The van der Waals surface area contributed by atoms with Crippen LogP contribution in [-0.4, -0.2) is 19.0 Å². The summed E-state index contributed by atoms with van der Waals surface area (Å²) in [6.07, 6.45) is 1.32. The summed E-state index contributed by atoms with van der Waals surface area (Å²) in [5, 5.41) is 2.63. The molecule has 98 valence electrons. The highest BCUT2D eigenvalue weighted by atomic mass is 79.9. The monoisotopic (exact) mass is 323 g/mol. The summed E-state index contributed by atoms with van der Waals surface area (Å²) in [6, 6.07) is 8.14. The van der Waals surface area contributed by atoms with Gasteiger partial charge in [0.15, 0.2) is 4.67 Å². The van der Waals surface area contributed by atoms with Gasteiger partial charge < -0.3 is 14.5 Å². The second-order valence-corrected chi connectivity index (χ2v) is 4.41. The van der Waals surface area contributed by atoms with Gasteiger partial charge in [-0.25, -0.2) is 4.79 Å². The summed E-state index contributed by atoms with van der Waals surface area (Å²) >= 11 is 3.11. The molecule has 1 amide bonds. The van der Waals surface area contributed by atoms with Crippen LogP contribution in [0.1, 0.15) is 20.7 Å². The average Bonchev–Trinajstić information content (AvgIpc) is 2.85. The van der Waals surface area contributed by atoms with Gasteiger partial charge in [-0.2, -0.15) is 0 Å². The summed E-state index contributed by atoms with van der Waals surface area (Å²) in [5.74, 6) is -0.880. The van der Waals surface area contributed by atoms with Crippen LogP contribution in [0.5, 0.6) is 0 Å². The Labute approximate surface area is 117 Å². The number of benzene rings is 1. The Balaban J connectivity index is 2.24. The molecule has 2 aromatic rings. The normalized spacial score (nSPS) is 10.0. The van der Waals surface area contributed by atoms with Crippen molar-refractivity contribution in [3.05, 3.63) is 52.4 Å². The van der Waals surface area contributed by atoms with Crippen LogP contribution in [0.3, 0.4) is 0 Å². The third-order valence-electron chi connectivity index (χ3n) is 2.41. The number of amides is 1. The molecule has 0 saturated heterocycles. The number of halogens is 1. The van der Waals surface area contributed by atoms with E-state index < -0.39 is 5.97 Å². The summed E-state index contributed by atoms with van der Waals surface area (Å²) in [6.45, 7) is 0. The number of ether oxygens (including phenoxy) is 1. The van der Waals surface area contributed by atoms with Crippen molar-refractivity contribution in [3.63, 3.8) is 0 Å². The molecule has 5 nitrogen and oxygen atoms in total. The van der Waals surface area contributed by atoms with Gasteiger partial charge in [-0.05, 0) is 28.1 Å². The molecule has 0 unspecified atom stereocenters. The molecule has 2 rings (SSSR count). The summed E-state index contributed by atoms with van der Waals surface area (Å²) < 4.78 is 10.1. The zero-order valence-corrected chi connectivity index (χ0v) is 11.6. The van der Waals surface area contributed by atoms with Gasteiger partial charge in [-0.3, -0.25) is 4.79 Å². The van der Waals surface area contributed by atoms with Crippen molar-refractivity contribution in [1.82, 2.24) is 0 Å². The predicted octanol–water partition coefficient (Wildman–Crippen LogP) is 3.08. The van der Waals surface area contributed by atoms with Crippen molar-refractivity contribution in [2.75, 3.05) is 12.4 Å². The minimum atomic E-state index is -0.510. The van der Waals surface area contributed by atoms with Crippen LogP contribution in [0.2, 0.25) is 0 Å². The third kappa shape index (κ3) is 3.03. The van der Waals surface area contributed by atoms with E-state index in [0.29, 0.717) is 21.5 Å². The van der Waals surface area contributed by atoms with Crippen LogP contribution in [0.25, 0.3) is 0 Å². The van der Waals surface area contributed by atoms with Gasteiger partial charge in [0.25, 0.3) is 5.91 Å². The molecule has 1 heterocycles. The van der Waals surface area contributed by atoms with Crippen LogP contribution >= 0.6 is 15.9 Å². The number of rotatable bonds is 3. The highest BCUT2D eigenvalue weighted by molar-refractivity contribution is 9.10. The maximum Gasteiger partial charge on any atom is 0.339 e. The lowest BCUT2D eigenvalue weighted by atomic mass is 10.1. The number of methoxy groups -OCH3 is 1. The Morgan fingerprint density at radius 3 is 2.68 bits per heavy atom. The summed E-state index contributed by atoms with van der Waals surface area (Å²) in [4.78, 5) is 23.5. The van der Waals surface area contributed by atoms with Crippen molar-refractivity contribution in [3.8, 4) is 0 Å². The number of anilines is 1. The highest BCUT2D eigenvalue weighted by Crippen LogP contribution is 2.19. The topological polar surface area (TPSA) is 68.5 Å². The Hall–Kier alpha value is -2.08. The van der Waals surface area contributed by atoms with Crippen LogP contribution < -0.4 is 5.32 Å². The molecule has 1 aromatic carbocycles. The Morgan fingerprint density at radius 2 is 2.05 bits per heavy atom. The predicted molar refractivity (Wildman–Crippen MR) is 72.1 cm³/mol. The van der Waals surface area contributed by atoms with E-state index in [4.69, 9.17) is 4.42 Å². The maximum atomic E-state index is 11.9. The molecule has 0 spiro atoms. The first-order chi connectivity index (χ1) is 9.11. The molecular weight excluding hydrogens is 314 g/mol. The molecule has 0 aliphatic rings. The molecule has 0 bridgehead atoms. The minimum Gasteiger partial charge on any atom is -0.465 e. The first kappa shape index (κ1) is 13.4. The number of para-hydroxylation sites is 1. The summed E-state index contributed by atoms with van der Waals surface area (Å²) in [7, 11) is 1.29. The van der Waals surface area contributed by atoms with Gasteiger partial charge in [0.2, 0.25) is 0 Å². The van der Waals surface area contributed by atoms with Gasteiger partial charge >= 0.3 is 5.97 Å². The summed E-state index contributed by atoms with van der Waals surface area (Å²) in [5.41, 5.74) is 1.03. The lowest BCUT2D eigenvalue weighted by Crippen LogP contribution is -2.14. The van der Waals surface area contributed by atoms with E-state index in [2.05, 4.69) is 26.0 Å². The molecule has 0 aliphatic carbocycles. The Kier molecular flexibility index (Phi) is 4.01. The second kappa shape index (κ2) is 5.71. The standard InChI is InChI=1S/C13H10BrNO4/c1-18-13(17)9-4-2-3-5-10(9)15-12(16)8-6-11(14)19-7-8/h2-7H,1H3,(H,15,16). The quantitative estimate of drug-likeness (QED) is 0.881. The minimum absolute atomic E-state index is 0.293. The van der Waals surface area contributed by atoms with Gasteiger partial charge in [0.05, 0.1) is 23.9 Å². The van der Waals surface area contributed by atoms with Gasteiger partial charge in [0, 0.05) is 6.07 Å². The molecule has 0 atom stereocenters. The fourth-order valence-corrected chi connectivity index (χ4v) is 1.84. The number of esters is 1. The first-order valence-corrected chi connectivity index (χ1v) is 6.14. The lowest BCUT2D eigenvalue weighted by Gasteiger charge is -2.08. The molecule has 1 N–H and O–H groups in total. The van der Waals surface area contributed by atoms with Gasteiger partial charge in [-0.1, -0.05) is 12.1 Å².